The van der Waals surface area contributed by atoms with Crippen LogP contribution in [0.15, 0.2) is 12.2 Å². The van der Waals surface area contributed by atoms with Crippen LogP contribution in [0.3, 0.4) is 0 Å². The van der Waals surface area contributed by atoms with E-state index in [1.165, 1.54) is 283 Å². The second-order valence-electron chi connectivity index (χ2n) is 23.6. The van der Waals surface area contributed by atoms with Gasteiger partial charge in [-0.2, -0.15) is 0 Å². The van der Waals surface area contributed by atoms with Gasteiger partial charge < -0.3 is 40.3 Å². The van der Waals surface area contributed by atoms with Crippen molar-refractivity contribution in [2.75, 3.05) is 13.2 Å². The van der Waals surface area contributed by atoms with E-state index in [2.05, 4.69) is 31.3 Å². The molecular weight excluding hydrogens is 935 g/mol. The largest absolute Gasteiger partial charge is 0.394 e. The van der Waals surface area contributed by atoms with Crippen molar-refractivity contribution in [2.45, 2.75) is 391 Å². The molecule has 0 aliphatic carbocycles. The molecule has 0 aromatic rings. The van der Waals surface area contributed by atoms with E-state index in [4.69, 9.17) is 9.47 Å². The highest BCUT2D eigenvalue weighted by Crippen LogP contribution is 2.24. The topological polar surface area (TPSA) is 149 Å². The molecular formula is C66H129NO8. The number of carbonyl (C=O) groups excluding carboxylic acids is 1. The standard InChI is InChI=1S/C66H129NO8/c1-3-5-7-9-11-13-15-17-19-21-22-23-24-25-26-27-28-29-30-31-32-33-34-35-36-37-38-40-42-44-46-48-50-52-54-56-62(70)67-59(58-74-66-65(73)64(72)63(71)61(57-68)75-66)60(69)55-53-51-49-47-45-43-41-39-20-18-16-14-12-10-8-6-4-2/h27-28,59-61,63-66,68-69,71-73H,3-26,29-58H2,1-2H3,(H,67,70)/b28-27-. The maximum Gasteiger partial charge on any atom is 0.220 e. The van der Waals surface area contributed by atoms with Crippen LogP contribution in [0.1, 0.15) is 348 Å². The summed E-state index contributed by atoms with van der Waals surface area (Å²) in [4.78, 5) is 13.1. The maximum absolute atomic E-state index is 13.1. The molecule has 1 aliphatic heterocycles. The highest BCUT2D eigenvalue weighted by Gasteiger charge is 2.44. The van der Waals surface area contributed by atoms with E-state index >= 15 is 0 Å². The first kappa shape index (κ1) is 71.9. The van der Waals surface area contributed by atoms with Crippen LogP contribution in [0.4, 0.5) is 0 Å². The lowest BCUT2D eigenvalue weighted by Crippen LogP contribution is -2.60. The molecule has 7 unspecified atom stereocenters. The van der Waals surface area contributed by atoms with Gasteiger partial charge in [0.15, 0.2) is 6.29 Å². The summed E-state index contributed by atoms with van der Waals surface area (Å²) in [6, 6.07) is -0.716. The molecule has 1 rings (SSSR count). The third-order valence-electron chi connectivity index (χ3n) is 16.4. The van der Waals surface area contributed by atoms with Crippen LogP contribution in [0.2, 0.25) is 0 Å². The van der Waals surface area contributed by atoms with E-state index in [1.54, 1.807) is 0 Å². The van der Waals surface area contributed by atoms with Crippen LogP contribution in [0.5, 0.6) is 0 Å². The van der Waals surface area contributed by atoms with Gasteiger partial charge in [0.2, 0.25) is 5.91 Å². The van der Waals surface area contributed by atoms with Gasteiger partial charge >= 0.3 is 0 Å². The third kappa shape index (κ3) is 45.4. The van der Waals surface area contributed by atoms with Gasteiger partial charge in [-0.25, -0.2) is 0 Å². The summed E-state index contributed by atoms with van der Waals surface area (Å²) in [7, 11) is 0. The maximum atomic E-state index is 13.1. The SMILES string of the molecule is CCCCCCCCCCCCCCCC/C=C\CCCCCCCCCCCCCCCCCCCC(=O)NC(COC1OC(CO)C(O)C(O)C1O)C(O)CCCCCCCCCCCCCCCCCCC. The Morgan fingerprint density at radius 1 is 0.440 bits per heavy atom. The van der Waals surface area contributed by atoms with Gasteiger partial charge in [0.1, 0.15) is 24.4 Å². The molecule has 9 nitrogen and oxygen atoms in total. The average Bonchev–Trinajstić information content (AvgIpc) is 3.41. The summed E-state index contributed by atoms with van der Waals surface area (Å²) < 4.78 is 11.3. The number of aliphatic hydroxyl groups excluding tert-OH is 5. The molecule has 1 saturated heterocycles. The first-order valence-electron chi connectivity index (χ1n) is 33.4. The zero-order chi connectivity index (χ0) is 54.3. The van der Waals surface area contributed by atoms with Crippen LogP contribution >= 0.6 is 0 Å². The number of hydrogen-bond donors (Lipinski definition) is 6. The van der Waals surface area contributed by atoms with Gasteiger partial charge in [0.25, 0.3) is 0 Å². The van der Waals surface area contributed by atoms with Gasteiger partial charge in [-0.1, -0.05) is 315 Å². The van der Waals surface area contributed by atoms with Crippen LogP contribution < -0.4 is 5.32 Å². The van der Waals surface area contributed by atoms with Crippen molar-refractivity contribution in [1.82, 2.24) is 5.32 Å². The Labute approximate surface area is 465 Å². The second-order valence-corrected chi connectivity index (χ2v) is 23.6. The fraction of sp³-hybridized carbons (Fsp3) is 0.955. The molecule has 446 valence electrons. The summed E-state index contributed by atoms with van der Waals surface area (Å²) in [5.74, 6) is -0.137. The highest BCUT2D eigenvalue weighted by atomic mass is 16.7. The zero-order valence-electron chi connectivity index (χ0n) is 49.8. The van der Waals surface area contributed by atoms with E-state index in [9.17, 15) is 30.3 Å². The number of amides is 1. The predicted octanol–water partition coefficient (Wildman–Crippen LogP) is 17.5. The van der Waals surface area contributed by atoms with Crippen molar-refractivity contribution in [1.29, 1.82) is 0 Å². The summed E-state index contributed by atoms with van der Waals surface area (Å²) in [5, 5.41) is 54.8. The smallest absolute Gasteiger partial charge is 0.220 e. The lowest BCUT2D eigenvalue weighted by atomic mass is 9.99. The van der Waals surface area contributed by atoms with Crippen molar-refractivity contribution in [3.05, 3.63) is 12.2 Å². The van der Waals surface area contributed by atoms with Crippen molar-refractivity contribution < 1.29 is 39.8 Å². The molecule has 1 fully saturated rings. The zero-order valence-corrected chi connectivity index (χ0v) is 49.8. The number of hydrogen-bond acceptors (Lipinski definition) is 8. The molecule has 0 radical (unpaired) electrons. The van der Waals surface area contributed by atoms with E-state index < -0.39 is 49.5 Å². The molecule has 9 heteroatoms. The summed E-state index contributed by atoms with van der Waals surface area (Å²) >= 11 is 0. The van der Waals surface area contributed by atoms with Crippen molar-refractivity contribution >= 4 is 5.91 Å². The predicted molar refractivity (Wildman–Crippen MR) is 318 cm³/mol. The van der Waals surface area contributed by atoms with Crippen molar-refractivity contribution in [3.8, 4) is 0 Å². The average molecular weight is 1060 g/mol. The molecule has 0 bridgehead atoms. The second kappa shape index (κ2) is 56.2. The minimum Gasteiger partial charge on any atom is -0.394 e. The Bertz CT molecular complexity index is 1190. The number of allylic oxidation sites excluding steroid dienone is 2. The molecule has 0 saturated carbocycles. The lowest BCUT2D eigenvalue weighted by molar-refractivity contribution is -0.302. The Morgan fingerprint density at radius 3 is 1.08 bits per heavy atom. The normalized spacial score (nSPS) is 18.8. The van der Waals surface area contributed by atoms with Crippen LogP contribution in [0, 0.1) is 0 Å². The van der Waals surface area contributed by atoms with Gasteiger partial charge in [-0.15, -0.1) is 0 Å². The summed E-state index contributed by atoms with van der Waals surface area (Å²) in [5.41, 5.74) is 0. The van der Waals surface area contributed by atoms with Crippen LogP contribution in [-0.2, 0) is 14.3 Å². The third-order valence-corrected chi connectivity index (χ3v) is 16.4. The first-order valence-corrected chi connectivity index (χ1v) is 33.4. The quantitative estimate of drug-likeness (QED) is 0.0261. The number of aliphatic hydroxyl groups is 5. The highest BCUT2D eigenvalue weighted by molar-refractivity contribution is 5.76. The molecule has 6 N–H and O–H groups in total. The number of nitrogens with one attached hydrogen (secondary N) is 1. The Balaban J connectivity index is 2.07. The van der Waals surface area contributed by atoms with E-state index in [0.717, 1.165) is 38.5 Å². The van der Waals surface area contributed by atoms with E-state index in [1.807, 2.05) is 0 Å². The number of ether oxygens (including phenoxy) is 2. The molecule has 75 heavy (non-hydrogen) atoms. The van der Waals surface area contributed by atoms with Gasteiger partial charge in [0.05, 0.1) is 25.4 Å². The van der Waals surface area contributed by atoms with E-state index in [-0.39, 0.29) is 12.5 Å². The molecule has 7 atom stereocenters. The van der Waals surface area contributed by atoms with Crippen LogP contribution in [-0.4, -0.2) is 87.5 Å². The number of rotatable bonds is 59. The fourth-order valence-electron chi connectivity index (χ4n) is 11.1. The van der Waals surface area contributed by atoms with Crippen molar-refractivity contribution in [2.24, 2.45) is 0 Å². The fourth-order valence-corrected chi connectivity index (χ4v) is 11.1. The summed E-state index contributed by atoms with van der Waals surface area (Å²) in [6.45, 7) is 3.89. The molecule has 1 amide bonds. The minimum atomic E-state index is -1.55. The van der Waals surface area contributed by atoms with Gasteiger partial charge in [0, 0.05) is 6.42 Å². The van der Waals surface area contributed by atoms with E-state index in [0.29, 0.717) is 12.8 Å². The van der Waals surface area contributed by atoms with Crippen LogP contribution in [0.25, 0.3) is 0 Å². The van der Waals surface area contributed by atoms with Crippen molar-refractivity contribution in [3.63, 3.8) is 0 Å². The molecule has 0 aromatic heterocycles. The Kier molecular flexibility index (Phi) is 53.9. The minimum absolute atomic E-state index is 0.132. The Morgan fingerprint density at radius 2 is 0.747 bits per heavy atom. The van der Waals surface area contributed by atoms with Gasteiger partial charge in [-0.05, 0) is 38.5 Å². The molecule has 1 heterocycles. The monoisotopic (exact) mass is 1060 g/mol. The number of carbonyl (C=O) groups is 1. The Hall–Kier alpha value is -1.07. The lowest BCUT2D eigenvalue weighted by Gasteiger charge is -2.40. The first-order chi connectivity index (χ1) is 36.8. The number of unbranched alkanes of at least 4 members (excludes halogenated alkanes) is 47. The molecule has 0 aromatic carbocycles. The van der Waals surface area contributed by atoms with Gasteiger partial charge in [-0.3, -0.25) is 4.79 Å². The summed E-state index contributed by atoms with van der Waals surface area (Å²) in [6.07, 6.45) is 64.2. The molecule has 0 spiro atoms. The molecule has 1 aliphatic rings.